The molecule has 0 aliphatic carbocycles. The SMILES string of the molecule is CCNC(=O)N1CCC2(CCn3nc(-c4cnc5[nH]cc(-c6cccnc6)c5c4)cc32)C1. The van der Waals surface area contributed by atoms with Crippen LogP contribution in [-0.4, -0.2) is 55.3 Å². The van der Waals surface area contributed by atoms with Crippen molar-refractivity contribution in [2.45, 2.75) is 31.7 Å². The number of nitrogens with one attached hydrogen (secondary N) is 2. The number of hydrogen-bond donors (Lipinski definition) is 2. The van der Waals surface area contributed by atoms with Crippen LogP contribution in [-0.2, 0) is 12.0 Å². The third kappa shape index (κ3) is 2.90. The van der Waals surface area contributed by atoms with Crippen LogP contribution >= 0.6 is 0 Å². The second-order valence-electron chi connectivity index (χ2n) is 8.74. The molecule has 2 amide bonds. The fourth-order valence-electron chi connectivity index (χ4n) is 5.23. The summed E-state index contributed by atoms with van der Waals surface area (Å²) in [6.07, 6.45) is 9.52. The van der Waals surface area contributed by atoms with Crippen LogP contribution in [0.3, 0.4) is 0 Å². The fraction of sp³-hybridized carbons (Fsp3) is 0.333. The lowest BCUT2D eigenvalue weighted by Gasteiger charge is -2.23. The third-order valence-electron chi connectivity index (χ3n) is 6.89. The first kappa shape index (κ1) is 19.0. The molecule has 1 spiro atoms. The molecule has 1 saturated heterocycles. The molecule has 1 atom stereocenters. The molecule has 162 valence electrons. The van der Waals surface area contributed by atoms with Crippen LogP contribution in [0.2, 0.25) is 0 Å². The van der Waals surface area contributed by atoms with E-state index in [0.717, 1.165) is 65.9 Å². The second-order valence-corrected chi connectivity index (χ2v) is 8.74. The summed E-state index contributed by atoms with van der Waals surface area (Å²) in [5, 5.41) is 8.90. The number of carbonyl (C=O) groups is 1. The number of likely N-dealkylation sites (tertiary alicyclic amines) is 1. The third-order valence-corrected chi connectivity index (χ3v) is 6.89. The Morgan fingerprint density at radius 2 is 2.12 bits per heavy atom. The molecule has 2 aliphatic heterocycles. The van der Waals surface area contributed by atoms with E-state index in [4.69, 9.17) is 5.10 Å². The minimum Gasteiger partial charge on any atom is -0.346 e. The minimum absolute atomic E-state index is 0.00279. The van der Waals surface area contributed by atoms with Gasteiger partial charge in [0.25, 0.3) is 0 Å². The van der Waals surface area contributed by atoms with Crippen LogP contribution in [0.15, 0.2) is 49.1 Å². The molecule has 0 aromatic carbocycles. The van der Waals surface area contributed by atoms with Gasteiger partial charge in [0.1, 0.15) is 5.65 Å². The van der Waals surface area contributed by atoms with E-state index >= 15 is 0 Å². The predicted octanol–water partition coefficient (Wildman–Crippen LogP) is 3.57. The molecule has 1 fully saturated rings. The van der Waals surface area contributed by atoms with Crippen molar-refractivity contribution in [2.24, 2.45) is 0 Å². The van der Waals surface area contributed by atoms with Gasteiger partial charge in [-0.1, -0.05) is 6.07 Å². The van der Waals surface area contributed by atoms with Crippen molar-refractivity contribution in [3.63, 3.8) is 0 Å². The smallest absolute Gasteiger partial charge is 0.317 e. The Hall–Kier alpha value is -3.68. The quantitative estimate of drug-likeness (QED) is 0.523. The molecular formula is C24H25N7O. The van der Waals surface area contributed by atoms with E-state index < -0.39 is 0 Å². The van der Waals surface area contributed by atoms with Crippen molar-refractivity contribution >= 4 is 17.1 Å². The number of pyridine rings is 2. The van der Waals surface area contributed by atoms with Gasteiger partial charge < -0.3 is 15.2 Å². The maximum absolute atomic E-state index is 12.3. The fourth-order valence-corrected chi connectivity index (χ4v) is 5.23. The first-order valence-corrected chi connectivity index (χ1v) is 11.2. The Morgan fingerprint density at radius 1 is 1.22 bits per heavy atom. The average Bonchev–Trinajstić information content (AvgIpc) is 3.59. The number of nitrogens with zero attached hydrogens (tertiary/aromatic N) is 5. The van der Waals surface area contributed by atoms with E-state index in [0.29, 0.717) is 6.54 Å². The number of aromatic nitrogens is 5. The molecule has 2 N–H and O–H groups in total. The van der Waals surface area contributed by atoms with Gasteiger partial charge in [-0.2, -0.15) is 5.10 Å². The number of carbonyl (C=O) groups excluding carboxylic acids is 1. The lowest BCUT2D eigenvalue weighted by Crippen LogP contribution is -2.40. The van der Waals surface area contributed by atoms with Crippen molar-refractivity contribution in [1.82, 2.24) is 34.9 Å². The highest BCUT2D eigenvalue weighted by atomic mass is 16.2. The van der Waals surface area contributed by atoms with Crippen molar-refractivity contribution in [3.8, 4) is 22.4 Å². The van der Waals surface area contributed by atoms with Crippen molar-refractivity contribution in [3.05, 3.63) is 54.7 Å². The summed E-state index contributed by atoms with van der Waals surface area (Å²) in [6, 6.07) is 8.39. The number of urea groups is 1. The molecule has 2 aliphatic rings. The van der Waals surface area contributed by atoms with Gasteiger partial charge in [0, 0.05) is 84.2 Å². The van der Waals surface area contributed by atoms with E-state index in [1.165, 1.54) is 5.69 Å². The molecule has 0 radical (unpaired) electrons. The van der Waals surface area contributed by atoms with Crippen LogP contribution in [0.5, 0.6) is 0 Å². The van der Waals surface area contributed by atoms with E-state index in [-0.39, 0.29) is 11.4 Å². The molecule has 4 aromatic heterocycles. The van der Waals surface area contributed by atoms with Gasteiger partial charge >= 0.3 is 6.03 Å². The number of amides is 2. The van der Waals surface area contributed by atoms with E-state index in [1.807, 2.05) is 36.5 Å². The predicted molar refractivity (Wildman–Crippen MR) is 122 cm³/mol. The Kier molecular flexibility index (Phi) is 4.28. The maximum Gasteiger partial charge on any atom is 0.317 e. The zero-order chi connectivity index (χ0) is 21.7. The first-order chi connectivity index (χ1) is 15.7. The highest BCUT2D eigenvalue weighted by Crippen LogP contribution is 2.44. The monoisotopic (exact) mass is 427 g/mol. The van der Waals surface area contributed by atoms with Gasteiger partial charge in [-0.3, -0.25) is 9.67 Å². The zero-order valence-electron chi connectivity index (χ0n) is 18.0. The summed E-state index contributed by atoms with van der Waals surface area (Å²) < 4.78 is 2.12. The second kappa shape index (κ2) is 7.19. The highest BCUT2D eigenvalue weighted by molar-refractivity contribution is 5.95. The maximum atomic E-state index is 12.3. The van der Waals surface area contributed by atoms with E-state index in [2.05, 4.69) is 43.1 Å². The lowest BCUT2D eigenvalue weighted by atomic mass is 9.82. The molecule has 0 saturated carbocycles. The molecule has 4 aromatic rings. The molecule has 32 heavy (non-hydrogen) atoms. The molecule has 8 nitrogen and oxygen atoms in total. The molecule has 8 heteroatoms. The normalized spacial score (nSPS) is 19.7. The van der Waals surface area contributed by atoms with E-state index in [9.17, 15) is 4.79 Å². The van der Waals surface area contributed by atoms with Crippen LogP contribution < -0.4 is 5.32 Å². The molecule has 1 unspecified atom stereocenters. The summed E-state index contributed by atoms with van der Waals surface area (Å²) in [7, 11) is 0. The van der Waals surface area contributed by atoms with Gasteiger partial charge in [-0.15, -0.1) is 0 Å². The lowest BCUT2D eigenvalue weighted by molar-refractivity contribution is 0.206. The average molecular weight is 428 g/mol. The Morgan fingerprint density at radius 3 is 2.97 bits per heavy atom. The zero-order valence-corrected chi connectivity index (χ0v) is 18.0. The van der Waals surface area contributed by atoms with Gasteiger partial charge in [0.15, 0.2) is 0 Å². The summed E-state index contributed by atoms with van der Waals surface area (Å²) >= 11 is 0. The number of rotatable bonds is 3. The summed E-state index contributed by atoms with van der Waals surface area (Å²) in [5.41, 5.74) is 6.16. The van der Waals surface area contributed by atoms with Crippen molar-refractivity contribution < 1.29 is 4.79 Å². The molecule has 6 rings (SSSR count). The van der Waals surface area contributed by atoms with Crippen LogP contribution in [0.25, 0.3) is 33.4 Å². The Labute approximate surface area is 185 Å². The van der Waals surface area contributed by atoms with Gasteiger partial charge in [0.2, 0.25) is 0 Å². The van der Waals surface area contributed by atoms with Crippen molar-refractivity contribution in [2.75, 3.05) is 19.6 Å². The number of H-pyrrole nitrogens is 1. The standard InChI is InChI=1S/C24H25N7O/c1-2-26-23(32)30-8-5-24(15-30)6-9-31-21(24)11-20(29-31)17-10-18-19(14-28-22(18)27-13-17)16-4-3-7-25-12-16/h3-4,7,10-14H,2,5-6,8-9,15H2,1H3,(H,26,32)(H,27,28). The number of aromatic amines is 1. The Bertz CT molecular complexity index is 1310. The van der Waals surface area contributed by atoms with Gasteiger partial charge in [-0.05, 0) is 38.0 Å². The molecule has 6 heterocycles. The summed E-state index contributed by atoms with van der Waals surface area (Å²) in [6.45, 7) is 5.04. The molecule has 0 bridgehead atoms. The van der Waals surface area contributed by atoms with Crippen LogP contribution in [0.4, 0.5) is 4.79 Å². The summed E-state index contributed by atoms with van der Waals surface area (Å²) in [4.78, 5) is 26.4. The number of fused-ring (bicyclic) bond motifs is 3. The minimum atomic E-state index is 0.00279. The Balaban J connectivity index is 1.34. The largest absolute Gasteiger partial charge is 0.346 e. The van der Waals surface area contributed by atoms with Crippen LogP contribution in [0.1, 0.15) is 25.5 Å². The summed E-state index contributed by atoms with van der Waals surface area (Å²) in [5.74, 6) is 0. The van der Waals surface area contributed by atoms with Crippen molar-refractivity contribution in [1.29, 1.82) is 0 Å². The van der Waals surface area contributed by atoms with Gasteiger partial charge in [0.05, 0.1) is 5.69 Å². The molecular weight excluding hydrogens is 402 g/mol. The number of aryl methyl sites for hydroxylation is 1. The van der Waals surface area contributed by atoms with Gasteiger partial charge in [-0.25, -0.2) is 9.78 Å². The van der Waals surface area contributed by atoms with Crippen LogP contribution in [0, 0.1) is 0 Å². The van der Waals surface area contributed by atoms with E-state index in [1.54, 1.807) is 6.20 Å². The highest BCUT2D eigenvalue weighted by Gasteiger charge is 2.46. The first-order valence-electron chi connectivity index (χ1n) is 11.2. The number of hydrogen-bond acceptors (Lipinski definition) is 4. The topological polar surface area (TPSA) is 91.7 Å².